The van der Waals surface area contributed by atoms with E-state index in [1.165, 1.54) is 0 Å². The van der Waals surface area contributed by atoms with Gasteiger partial charge in [0.05, 0.1) is 5.75 Å². The summed E-state index contributed by atoms with van der Waals surface area (Å²) in [5, 5.41) is 0. The Labute approximate surface area is 148 Å². The summed E-state index contributed by atoms with van der Waals surface area (Å²) in [5.74, 6) is 0.0154. The molecular weight excluding hydrogens is 338 g/mol. The lowest BCUT2D eigenvalue weighted by atomic mass is 9.94. The van der Waals surface area contributed by atoms with E-state index in [9.17, 15) is 8.42 Å². The Hall–Kier alpha value is -1.99. The van der Waals surface area contributed by atoms with Crippen LogP contribution >= 0.6 is 0 Å². The van der Waals surface area contributed by atoms with Crippen molar-refractivity contribution in [2.45, 2.75) is 50.5 Å². The third-order valence-corrected chi connectivity index (χ3v) is 5.72. The van der Waals surface area contributed by atoms with Crippen LogP contribution in [0.15, 0.2) is 42.7 Å². The van der Waals surface area contributed by atoms with Crippen LogP contribution in [0, 0.1) is 6.92 Å². The fourth-order valence-corrected chi connectivity index (χ4v) is 4.45. The van der Waals surface area contributed by atoms with Gasteiger partial charge in [0, 0.05) is 18.4 Å². The SMILES string of the molecule is Cc1ccc(CS(=O)(=O)NC2CCC(Oc3ncccn3)CC2)cc1. The third-order valence-electron chi connectivity index (χ3n) is 4.31. The molecule has 134 valence electrons. The minimum atomic E-state index is -3.34. The predicted octanol–water partition coefficient (Wildman–Crippen LogP) is 2.59. The normalized spacial score (nSPS) is 21.0. The number of hydrogen-bond acceptors (Lipinski definition) is 5. The van der Waals surface area contributed by atoms with E-state index in [1.807, 2.05) is 31.2 Å². The number of benzene rings is 1. The van der Waals surface area contributed by atoms with Gasteiger partial charge in [0.1, 0.15) is 6.10 Å². The average molecular weight is 361 g/mol. The van der Waals surface area contributed by atoms with E-state index in [2.05, 4.69) is 14.7 Å². The first-order chi connectivity index (χ1) is 12.0. The largest absolute Gasteiger partial charge is 0.460 e. The molecule has 1 aliphatic carbocycles. The third kappa shape index (κ3) is 5.51. The van der Waals surface area contributed by atoms with Gasteiger partial charge in [-0.25, -0.2) is 23.1 Å². The summed E-state index contributed by atoms with van der Waals surface area (Å²) in [4.78, 5) is 8.12. The summed E-state index contributed by atoms with van der Waals surface area (Å²) in [6.45, 7) is 1.98. The molecule has 1 saturated carbocycles. The topological polar surface area (TPSA) is 81.2 Å². The molecule has 1 aromatic carbocycles. The Morgan fingerprint density at radius 2 is 1.72 bits per heavy atom. The van der Waals surface area contributed by atoms with Crippen molar-refractivity contribution in [2.24, 2.45) is 0 Å². The number of hydrogen-bond donors (Lipinski definition) is 1. The van der Waals surface area contributed by atoms with Gasteiger partial charge in [-0.3, -0.25) is 0 Å². The second-order valence-electron chi connectivity index (χ2n) is 6.49. The van der Waals surface area contributed by atoms with Crippen LogP contribution in [-0.2, 0) is 15.8 Å². The molecule has 0 radical (unpaired) electrons. The summed E-state index contributed by atoms with van der Waals surface area (Å²) in [5.41, 5.74) is 1.92. The van der Waals surface area contributed by atoms with Crippen molar-refractivity contribution >= 4 is 10.0 Å². The van der Waals surface area contributed by atoms with Crippen LogP contribution in [-0.4, -0.2) is 30.5 Å². The lowest BCUT2D eigenvalue weighted by Crippen LogP contribution is -2.40. The molecule has 0 atom stereocenters. The molecule has 25 heavy (non-hydrogen) atoms. The summed E-state index contributed by atoms with van der Waals surface area (Å²) < 4.78 is 33.3. The summed E-state index contributed by atoms with van der Waals surface area (Å²) in [6, 6.07) is 9.67. The zero-order valence-electron chi connectivity index (χ0n) is 14.3. The summed E-state index contributed by atoms with van der Waals surface area (Å²) in [7, 11) is -3.34. The van der Waals surface area contributed by atoms with Gasteiger partial charge in [-0.05, 0) is 44.2 Å². The smallest absolute Gasteiger partial charge is 0.316 e. The van der Waals surface area contributed by atoms with Crippen LogP contribution in [0.5, 0.6) is 6.01 Å². The van der Waals surface area contributed by atoms with Crippen LogP contribution < -0.4 is 9.46 Å². The Morgan fingerprint density at radius 1 is 1.08 bits per heavy atom. The minimum Gasteiger partial charge on any atom is -0.460 e. The van der Waals surface area contributed by atoms with Crippen molar-refractivity contribution in [1.82, 2.24) is 14.7 Å². The van der Waals surface area contributed by atoms with Gasteiger partial charge in [0.15, 0.2) is 0 Å². The van der Waals surface area contributed by atoms with E-state index in [-0.39, 0.29) is 17.9 Å². The molecule has 0 amide bonds. The molecule has 0 bridgehead atoms. The lowest BCUT2D eigenvalue weighted by Gasteiger charge is -2.28. The van der Waals surface area contributed by atoms with E-state index in [0.29, 0.717) is 6.01 Å². The molecule has 0 unspecified atom stereocenters. The first-order valence-electron chi connectivity index (χ1n) is 8.49. The molecular formula is C18H23N3O3S. The highest BCUT2D eigenvalue weighted by Gasteiger charge is 2.26. The van der Waals surface area contributed by atoms with Crippen molar-refractivity contribution in [1.29, 1.82) is 0 Å². The van der Waals surface area contributed by atoms with Crippen molar-refractivity contribution in [3.8, 4) is 6.01 Å². The van der Waals surface area contributed by atoms with E-state index in [1.54, 1.807) is 18.5 Å². The zero-order chi connectivity index (χ0) is 17.7. The van der Waals surface area contributed by atoms with Crippen molar-refractivity contribution in [3.63, 3.8) is 0 Å². The number of sulfonamides is 1. The number of nitrogens with zero attached hydrogens (tertiary/aromatic N) is 2. The molecule has 0 saturated heterocycles. The highest BCUT2D eigenvalue weighted by molar-refractivity contribution is 7.88. The maximum atomic E-state index is 12.4. The first kappa shape index (κ1) is 17.8. The van der Waals surface area contributed by atoms with Crippen LogP contribution in [0.3, 0.4) is 0 Å². The summed E-state index contributed by atoms with van der Waals surface area (Å²) >= 11 is 0. The molecule has 3 rings (SSSR count). The summed E-state index contributed by atoms with van der Waals surface area (Å²) in [6.07, 6.45) is 6.42. The van der Waals surface area contributed by atoms with Gasteiger partial charge < -0.3 is 4.74 Å². The molecule has 7 heteroatoms. The number of nitrogens with one attached hydrogen (secondary N) is 1. The zero-order valence-corrected chi connectivity index (χ0v) is 15.1. The molecule has 6 nitrogen and oxygen atoms in total. The van der Waals surface area contributed by atoms with Gasteiger partial charge in [0.25, 0.3) is 0 Å². The fourth-order valence-electron chi connectivity index (χ4n) is 2.99. The standard InChI is InChI=1S/C18H23N3O3S/c1-14-3-5-15(6-4-14)13-25(22,23)21-16-7-9-17(10-8-16)24-18-19-11-2-12-20-18/h2-6,11-12,16-17,21H,7-10,13H2,1H3. The fraction of sp³-hybridized carbons (Fsp3) is 0.444. The van der Waals surface area contributed by atoms with E-state index < -0.39 is 10.0 Å². The minimum absolute atomic E-state index is 0.0154. The van der Waals surface area contributed by atoms with Crippen LogP contribution in [0.25, 0.3) is 0 Å². The Bertz CT molecular complexity index is 771. The molecule has 1 aromatic heterocycles. The highest BCUT2D eigenvalue weighted by Crippen LogP contribution is 2.23. The van der Waals surface area contributed by atoms with Crippen molar-refractivity contribution in [3.05, 3.63) is 53.9 Å². The number of rotatable bonds is 6. The van der Waals surface area contributed by atoms with Gasteiger partial charge >= 0.3 is 6.01 Å². The van der Waals surface area contributed by atoms with Gasteiger partial charge in [-0.2, -0.15) is 0 Å². The number of aryl methyl sites for hydroxylation is 1. The van der Waals surface area contributed by atoms with Crippen LogP contribution in [0.4, 0.5) is 0 Å². The van der Waals surface area contributed by atoms with Crippen molar-refractivity contribution in [2.75, 3.05) is 0 Å². The van der Waals surface area contributed by atoms with E-state index in [4.69, 9.17) is 4.74 Å². The van der Waals surface area contributed by atoms with Crippen LogP contribution in [0.2, 0.25) is 0 Å². The maximum absolute atomic E-state index is 12.4. The second-order valence-corrected chi connectivity index (χ2v) is 8.24. The lowest BCUT2D eigenvalue weighted by molar-refractivity contribution is 0.132. The van der Waals surface area contributed by atoms with Crippen LogP contribution in [0.1, 0.15) is 36.8 Å². The van der Waals surface area contributed by atoms with Gasteiger partial charge in [-0.1, -0.05) is 29.8 Å². The maximum Gasteiger partial charge on any atom is 0.316 e. The quantitative estimate of drug-likeness (QED) is 0.855. The molecule has 2 aromatic rings. The molecule has 1 aliphatic rings. The molecule has 0 spiro atoms. The molecule has 1 heterocycles. The molecule has 0 aliphatic heterocycles. The Morgan fingerprint density at radius 3 is 2.36 bits per heavy atom. The highest BCUT2D eigenvalue weighted by atomic mass is 32.2. The van der Waals surface area contributed by atoms with E-state index >= 15 is 0 Å². The number of aromatic nitrogens is 2. The predicted molar refractivity (Wildman–Crippen MR) is 95.6 cm³/mol. The molecule has 1 fully saturated rings. The molecule has 1 N–H and O–H groups in total. The van der Waals surface area contributed by atoms with Gasteiger partial charge in [0.2, 0.25) is 10.0 Å². The first-order valence-corrected chi connectivity index (χ1v) is 10.1. The second kappa shape index (κ2) is 7.93. The van der Waals surface area contributed by atoms with Crippen molar-refractivity contribution < 1.29 is 13.2 Å². The van der Waals surface area contributed by atoms with E-state index in [0.717, 1.165) is 36.8 Å². The Kier molecular flexibility index (Phi) is 5.65. The Balaban J connectivity index is 1.48. The monoisotopic (exact) mass is 361 g/mol. The van der Waals surface area contributed by atoms with Gasteiger partial charge in [-0.15, -0.1) is 0 Å². The average Bonchev–Trinajstić information content (AvgIpc) is 2.59. The number of ether oxygens (including phenoxy) is 1.